The molecule has 0 aromatic heterocycles. The number of hydrogen-bond donors (Lipinski definition) is 4. The molecule has 0 amide bonds. The molecule has 2 aliphatic carbocycles. The summed E-state index contributed by atoms with van der Waals surface area (Å²) in [6.45, 7) is 2.96. The molecule has 21 heavy (non-hydrogen) atoms. The van der Waals surface area contributed by atoms with Gasteiger partial charge >= 0.3 is 0 Å². The Morgan fingerprint density at radius 3 is 1.71 bits per heavy atom. The van der Waals surface area contributed by atoms with Crippen LogP contribution in [-0.4, -0.2) is 13.1 Å². The van der Waals surface area contributed by atoms with Crippen LogP contribution in [0.4, 0.5) is 0 Å². The monoisotopic (exact) mass is 290 g/mol. The van der Waals surface area contributed by atoms with Gasteiger partial charge in [-0.15, -0.1) is 0 Å². The Bertz CT molecular complexity index is 401. The van der Waals surface area contributed by atoms with E-state index in [1.54, 1.807) is 0 Å². The second kappa shape index (κ2) is 7.90. The van der Waals surface area contributed by atoms with E-state index in [4.69, 9.17) is 22.9 Å². The molecule has 2 bridgehead atoms. The minimum atomic E-state index is 0.591. The van der Waals surface area contributed by atoms with E-state index in [0.29, 0.717) is 13.1 Å². The molecule has 0 heterocycles. The van der Waals surface area contributed by atoms with Gasteiger partial charge in [-0.1, -0.05) is 24.3 Å². The zero-order valence-corrected chi connectivity index (χ0v) is 12.9. The molecule has 8 N–H and O–H groups in total. The molecule has 1 aromatic rings. The molecule has 2 fully saturated rings. The van der Waals surface area contributed by atoms with Crippen molar-refractivity contribution < 1.29 is 0 Å². The molecule has 4 heteroatoms. The molecule has 0 radical (unpaired) electrons. The Kier molecular flexibility index (Phi) is 6.18. The number of hydrogen-bond acceptors (Lipinski definition) is 4. The molecule has 2 saturated carbocycles. The first kappa shape index (κ1) is 16.4. The summed E-state index contributed by atoms with van der Waals surface area (Å²) in [5, 5.41) is 0. The largest absolute Gasteiger partial charge is 0.330 e. The third-order valence-corrected chi connectivity index (χ3v) is 5.16. The molecular formula is C17H30N4. The highest BCUT2D eigenvalue weighted by molar-refractivity contribution is 5.22. The quantitative estimate of drug-likeness (QED) is 0.668. The Morgan fingerprint density at radius 2 is 1.33 bits per heavy atom. The van der Waals surface area contributed by atoms with Gasteiger partial charge in [0.15, 0.2) is 0 Å². The minimum absolute atomic E-state index is 0.591. The lowest BCUT2D eigenvalue weighted by Gasteiger charge is -2.27. The summed E-state index contributed by atoms with van der Waals surface area (Å²) >= 11 is 0. The predicted molar refractivity (Wildman–Crippen MR) is 88.1 cm³/mol. The van der Waals surface area contributed by atoms with Crippen LogP contribution in [0.1, 0.15) is 30.4 Å². The number of nitrogens with two attached hydrogens (primary N) is 4. The molecule has 1 aromatic carbocycles. The summed E-state index contributed by atoms with van der Waals surface area (Å²) < 4.78 is 0. The maximum absolute atomic E-state index is 5.70. The topological polar surface area (TPSA) is 104 Å². The Balaban J connectivity index is 0.000000155. The van der Waals surface area contributed by atoms with Gasteiger partial charge in [0.1, 0.15) is 0 Å². The van der Waals surface area contributed by atoms with Crippen LogP contribution in [0.25, 0.3) is 0 Å². The van der Waals surface area contributed by atoms with Crippen molar-refractivity contribution in [3.8, 4) is 0 Å². The molecule has 0 aliphatic heterocycles. The molecule has 2 aliphatic rings. The average molecular weight is 290 g/mol. The lowest BCUT2D eigenvalue weighted by molar-refractivity contribution is 0.249. The second-order valence-corrected chi connectivity index (χ2v) is 6.46. The van der Waals surface area contributed by atoms with E-state index >= 15 is 0 Å². The van der Waals surface area contributed by atoms with Crippen LogP contribution in [0.15, 0.2) is 24.3 Å². The van der Waals surface area contributed by atoms with Gasteiger partial charge in [0.05, 0.1) is 0 Å². The first-order valence-electron chi connectivity index (χ1n) is 8.09. The molecular weight excluding hydrogens is 260 g/mol. The maximum Gasteiger partial charge on any atom is 0.0178 e. The van der Waals surface area contributed by atoms with Gasteiger partial charge in [0.2, 0.25) is 0 Å². The maximum atomic E-state index is 5.70. The highest BCUT2D eigenvalue weighted by Gasteiger charge is 2.44. The number of rotatable bonds is 4. The van der Waals surface area contributed by atoms with Crippen LogP contribution in [0.5, 0.6) is 0 Å². The highest BCUT2D eigenvalue weighted by Crippen LogP contribution is 2.50. The summed E-state index contributed by atoms with van der Waals surface area (Å²) in [7, 11) is 0. The van der Waals surface area contributed by atoms with Gasteiger partial charge < -0.3 is 22.9 Å². The molecule has 4 nitrogen and oxygen atoms in total. The van der Waals surface area contributed by atoms with Crippen LogP contribution in [-0.2, 0) is 13.1 Å². The fourth-order valence-electron chi connectivity index (χ4n) is 4.07. The molecule has 0 saturated heterocycles. The first-order chi connectivity index (χ1) is 10.2. The van der Waals surface area contributed by atoms with Crippen molar-refractivity contribution in [3.05, 3.63) is 35.4 Å². The van der Waals surface area contributed by atoms with Gasteiger partial charge in [0, 0.05) is 13.1 Å². The van der Waals surface area contributed by atoms with Crippen molar-refractivity contribution in [3.63, 3.8) is 0 Å². The van der Waals surface area contributed by atoms with Gasteiger partial charge in [-0.25, -0.2) is 0 Å². The standard InChI is InChI=1S/C9H18N2.C8H12N2/c10-4-7-1-6-2-8(5-11)9(7)3-6;9-5-7-2-1-3-8(4-7)6-10/h6-9H,1-5,10-11H2;1-4H,5-6,9-10H2. The third-order valence-electron chi connectivity index (χ3n) is 5.16. The molecule has 3 rings (SSSR count). The van der Waals surface area contributed by atoms with Crippen molar-refractivity contribution in [2.24, 2.45) is 46.6 Å². The van der Waals surface area contributed by atoms with Crippen molar-refractivity contribution >= 4 is 0 Å². The van der Waals surface area contributed by atoms with Gasteiger partial charge in [-0.3, -0.25) is 0 Å². The van der Waals surface area contributed by atoms with Crippen molar-refractivity contribution in [2.75, 3.05) is 13.1 Å². The zero-order chi connectivity index (χ0) is 15.2. The summed E-state index contributed by atoms with van der Waals surface area (Å²) in [6.07, 6.45) is 4.19. The highest BCUT2D eigenvalue weighted by atomic mass is 14.7. The summed E-state index contributed by atoms with van der Waals surface area (Å²) in [5.41, 5.74) is 24.5. The zero-order valence-electron chi connectivity index (χ0n) is 12.9. The molecule has 2 unspecified atom stereocenters. The van der Waals surface area contributed by atoms with Gasteiger partial charge in [-0.05, 0) is 67.2 Å². The normalized spacial score (nSPS) is 30.1. The predicted octanol–water partition coefficient (Wildman–Crippen LogP) is 1.17. The van der Waals surface area contributed by atoms with Crippen LogP contribution < -0.4 is 22.9 Å². The van der Waals surface area contributed by atoms with Crippen LogP contribution in [0, 0.1) is 23.7 Å². The van der Waals surface area contributed by atoms with Crippen LogP contribution in [0.3, 0.4) is 0 Å². The lowest BCUT2D eigenvalue weighted by Crippen LogP contribution is -2.30. The SMILES string of the molecule is NCC1CC2CC(CN)C1C2.NCc1cccc(CN)c1. The fraction of sp³-hybridized carbons (Fsp3) is 0.647. The third kappa shape index (κ3) is 4.04. The van der Waals surface area contributed by atoms with Crippen LogP contribution >= 0.6 is 0 Å². The average Bonchev–Trinajstić information content (AvgIpc) is 3.15. The lowest BCUT2D eigenvalue weighted by atomic mass is 9.81. The summed E-state index contributed by atoms with van der Waals surface area (Å²) in [5.74, 6) is 3.47. The van der Waals surface area contributed by atoms with Crippen LogP contribution in [0.2, 0.25) is 0 Å². The Morgan fingerprint density at radius 1 is 0.810 bits per heavy atom. The van der Waals surface area contributed by atoms with Crippen molar-refractivity contribution in [2.45, 2.75) is 32.4 Å². The minimum Gasteiger partial charge on any atom is -0.330 e. The summed E-state index contributed by atoms with van der Waals surface area (Å²) in [4.78, 5) is 0. The van der Waals surface area contributed by atoms with E-state index in [0.717, 1.165) is 47.9 Å². The van der Waals surface area contributed by atoms with E-state index in [-0.39, 0.29) is 0 Å². The Labute approximate surface area is 128 Å². The van der Waals surface area contributed by atoms with E-state index in [1.165, 1.54) is 19.3 Å². The number of fused-ring (bicyclic) bond motifs is 2. The van der Waals surface area contributed by atoms with E-state index in [1.807, 2.05) is 24.3 Å². The summed E-state index contributed by atoms with van der Waals surface area (Å²) in [6, 6.07) is 8.00. The number of benzene rings is 1. The second-order valence-electron chi connectivity index (χ2n) is 6.46. The van der Waals surface area contributed by atoms with E-state index in [9.17, 15) is 0 Å². The molecule has 2 atom stereocenters. The first-order valence-corrected chi connectivity index (χ1v) is 8.09. The Hall–Kier alpha value is -0.940. The van der Waals surface area contributed by atoms with E-state index in [2.05, 4.69) is 0 Å². The van der Waals surface area contributed by atoms with E-state index < -0.39 is 0 Å². The molecule has 118 valence electrons. The smallest absolute Gasteiger partial charge is 0.0178 e. The van der Waals surface area contributed by atoms with Gasteiger partial charge in [-0.2, -0.15) is 0 Å². The molecule has 0 spiro atoms. The van der Waals surface area contributed by atoms with Crippen molar-refractivity contribution in [1.29, 1.82) is 0 Å². The van der Waals surface area contributed by atoms with Gasteiger partial charge in [0.25, 0.3) is 0 Å². The van der Waals surface area contributed by atoms with Crippen molar-refractivity contribution in [1.82, 2.24) is 0 Å². The fourth-order valence-corrected chi connectivity index (χ4v) is 4.07.